The van der Waals surface area contributed by atoms with Crippen LogP contribution in [0.4, 0.5) is 0 Å². The van der Waals surface area contributed by atoms with Crippen LogP contribution in [0.15, 0.2) is 0 Å². The Balaban J connectivity index is 0.000000288. The van der Waals surface area contributed by atoms with Crippen LogP contribution in [-0.2, 0) is 9.59 Å². The van der Waals surface area contributed by atoms with Gasteiger partial charge in [0.15, 0.2) is 0 Å². The van der Waals surface area contributed by atoms with Crippen LogP contribution in [0.1, 0.15) is 0 Å². The predicted molar refractivity (Wildman–Crippen MR) is 56.0 cm³/mol. The molecule has 0 spiro atoms. The van der Waals surface area contributed by atoms with Gasteiger partial charge in [-0.15, -0.1) is 0 Å². The number of carboxylic acids is 2. The molecule has 0 aliphatic carbocycles. The number of hydrogen-bond donors (Lipinski definition) is 4. The highest BCUT2D eigenvalue weighted by atomic mass is 32.2. The number of nitrogens with one attached hydrogen (secondary N) is 1. The van der Waals surface area contributed by atoms with Crippen molar-refractivity contribution in [3.05, 3.63) is 0 Å². The second kappa shape index (κ2) is 7.49. The largest absolute Gasteiger partial charge is 0.473 e. The van der Waals surface area contributed by atoms with E-state index in [1.54, 1.807) is 11.8 Å². The van der Waals surface area contributed by atoms with Crippen LogP contribution in [0.5, 0.6) is 0 Å². The van der Waals surface area contributed by atoms with Gasteiger partial charge in [0.05, 0.1) is 6.10 Å². The van der Waals surface area contributed by atoms with Gasteiger partial charge in [0.25, 0.3) is 0 Å². The van der Waals surface area contributed by atoms with Gasteiger partial charge in [0.1, 0.15) is 0 Å². The quantitative estimate of drug-likeness (QED) is 0.460. The smallest absolute Gasteiger partial charge is 0.414 e. The van der Waals surface area contributed by atoms with E-state index in [4.69, 9.17) is 19.8 Å². The zero-order chi connectivity index (χ0) is 11.8. The fourth-order valence-electron chi connectivity index (χ4n) is 1.10. The number of hydrogen-bond acceptors (Lipinski definition) is 5. The molecular formula is C8H15NO5S. The SMILES string of the molecule is CSC[C@H]1CNC[C@@H]1O.O=C(O)C(=O)O. The average molecular weight is 237 g/mol. The lowest BCUT2D eigenvalue weighted by atomic mass is 10.1. The third-order valence-corrected chi connectivity index (χ3v) is 2.63. The first-order chi connectivity index (χ1) is 6.99. The number of thioether (sulfide) groups is 1. The number of rotatable bonds is 2. The van der Waals surface area contributed by atoms with E-state index in [9.17, 15) is 5.11 Å². The first-order valence-electron chi connectivity index (χ1n) is 4.33. The summed E-state index contributed by atoms with van der Waals surface area (Å²) in [5.41, 5.74) is 0. The Labute approximate surface area is 91.7 Å². The lowest BCUT2D eigenvalue weighted by molar-refractivity contribution is -0.159. The molecule has 1 heterocycles. The summed E-state index contributed by atoms with van der Waals surface area (Å²) in [6.45, 7) is 1.77. The lowest BCUT2D eigenvalue weighted by Gasteiger charge is -2.09. The van der Waals surface area contributed by atoms with Crippen LogP contribution >= 0.6 is 11.8 Å². The maximum Gasteiger partial charge on any atom is 0.414 e. The highest BCUT2D eigenvalue weighted by Gasteiger charge is 2.23. The molecule has 4 N–H and O–H groups in total. The summed E-state index contributed by atoms with van der Waals surface area (Å²) in [6.07, 6.45) is 1.97. The second-order valence-corrected chi connectivity index (χ2v) is 3.96. The zero-order valence-corrected chi connectivity index (χ0v) is 9.16. The molecule has 6 nitrogen and oxygen atoms in total. The van der Waals surface area contributed by atoms with Crippen LogP contribution in [0.2, 0.25) is 0 Å². The van der Waals surface area contributed by atoms with Crippen molar-refractivity contribution in [2.75, 3.05) is 25.1 Å². The molecule has 0 unspecified atom stereocenters. The number of β-amino-alcohol motifs (C(OH)–C–C–N with tert-alkyl or cyclic N) is 1. The molecule has 0 aromatic carbocycles. The van der Waals surface area contributed by atoms with Crippen molar-refractivity contribution in [2.45, 2.75) is 6.10 Å². The number of aliphatic hydroxyl groups is 1. The number of carboxylic acid groups (broad SMARTS) is 2. The van der Waals surface area contributed by atoms with Crippen molar-refractivity contribution < 1.29 is 24.9 Å². The normalized spacial score (nSPS) is 24.1. The molecule has 15 heavy (non-hydrogen) atoms. The van der Waals surface area contributed by atoms with E-state index in [1.165, 1.54) is 0 Å². The highest BCUT2D eigenvalue weighted by molar-refractivity contribution is 7.98. The number of aliphatic carboxylic acids is 2. The van der Waals surface area contributed by atoms with E-state index < -0.39 is 11.9 Å². The van der Waals surface area contributed by atoms with Gasteiger partial charge in [-0.2, -0.15) is 11.8 Å². The molecule has 1 fully saturated rings. The Morgan fingerprint density at radius 1 is 1.33 bits per heavy atom. The van der Waals surface area contributed by atoms with Crippen LogP contribution in [0.3, 0.4) is 0 Å². The molecule has 2 atom stereocenters. The zero-order valence-electron chi connectivity index (χ0n) is 8.34. The summed E-state index contributed by atoms with van der Waals surface area (Å²) in [7, 11) is 0. The van der Waals surface area contributed by atoms with Crippen molar-refractivity contribution >= 4 is 23.7 Å². The fourth-order valence-corrected chi connectivity index (χ4v) is 1.87. The summed E-state index contributed by atoms with van der Waals surface area (Å²) >= 11 is 1.80. The summed E-state index contributed by atoms with van der Waals surface area (Å²) in [6, 6.07) is 0. The molecule has 0 saturated carbocycles. The minimum atomic E-state index is -1.82. The minimum Gasteiger partial charge on any atom is -0.473 e. The van der Waals surface area contributed by atoms with Crippen LogP contribution in [0.25, 0.3) is 0 Å². The number of carbonyl (C=O) groups is 2. The third kappa shape index (κ3) is 6.32. The summed E-state index contributed by atoms with van der Waals surface area (Å²) < 4.78 is 0. The Hall–Kier alpha value is -0.790. The molecule has 0 aromatic rings. The topological polar surface area (TPSA) is 107 Å². The molecule has 0 aromatic heterocycles. The van der Waals surface area contributed by atoms with Gasteiger partial charge in [0.2, 0.25) is 0 Å². The number of aliphatic hydroxyl groups excluding tert-OH is 1. The van der Waals surface area contributed by atoms with Gasteiger partial charge < -0.3 is 20.6 Å². The van der Waals surface area contributed by atoms with E-state index in [2.05, 4.69) is 11.6 Å². The molecule has 1 rings (SSSR count). The fraction of sp³-hybridized carbons (Fsp3) is 0.750. The van der Waals surface area contributed by atoms with Crippen molar-refractivity contribution in [2.24, 2.45) is 5.92 Å². The summed E-state index contributed by atoms with van der Waals surface area (Å²) in [4.78, 5) is 18.2. The van der Waals surface area contributed by atoms with E-state index >= 15 is 0 Å². The predicted octanol–water partition coefficient (Wildman–Crippen LogP) is -0.915. The van der Waals surface area contributed by atoms with Crippen LogP contribution in [0, 0.1) is 5.92 Å². The third-order valence-electron chi connectivity index (χ3n) is 1.87. The van der Waals surface area contributed by atoms with E-state index in [0.29, 0.717) is 5.92 Å². The lowest BCUT2D eigenvalue weighted by Crippen LogP contribution is -2.19. The Morgan fingerprint density at radius 3 is 2.13 bits per heavy atom. The Kier molecular flexibility index (Phi) is 7.10. The molecule has 7 heteroatoms. The van der Waals surface area contributed by atoms with Gasteiger partial charge in [-0.3, -0.25) is 0 Å². The van der Waals surface area contributed by atoms with Crippen molar-refractivity contribution in [3.8, 4) is 0 Å². The van der Waals surface area contributed by atoms with Crippen LogP contribution in [-0.4, -0.2) is 58.5 Å². The van der Waals surface area contributed by atoms with Gasteiger partial charge in [0, 0.05) is 19.0 Å². The standard InChI is InChI=1S/C6H13NOS.C2H2O4/c1-9-4-5-2-7-3-6(5)8;3-1(4)2(5)6/h5-8H,2-4H2,1H3;(H,3,4)(H,5,6)/t5-,6+;/m1./s1. The molecule has 1 aliphatic heterocycles. The monoisotopic (exact) mass is 237 g/mol. The van der Waals surface area contributed by atoms with Gasteiger partial charge in [-0.25, -0.2) is 9.59 Å². The van der Waals surface area contributed by atoms with Gasteiger partial charge in [-0.05, 0) is 12.0 Å². The van der Waals surface area contributed by atoms with E-state index in [-0.39, 0.29) is 6.10 Å². The van der Waals surface area contributed by atoms with Gasteiger partial charge in [-0.1, -0.05) is 0 Å². The molecule has 88 valence electrons. The maximum absolute atomic E-state index is 9.24. The van der Waals surface area contributed by atoms with Crippen LogP contribution < -0.4 is 5.32 Å². The molecular weight excluding hydrogens is 222 g/mol. The highest BCUT2D eigenvalue weighted by Crippen LogP contribution is 2.13. The van der Waals surface area contributed by atoms with Crippen molar-refractivity contribution in [1.82, 2.24) is 5.32 Å². The summed E-state index contributed by atoms with van der Waals surface area (Å²) in [5, 5.41) is 27.2. The molecule has 0 radical (unpaired) electrons. The second-order valence-electron chi connectivity index (χ2n) is 3.05. The molecule has 0 amide bonds. The maximum atomic E-state index is 9.24. The molecule has 1 aliphatic rings. The first-order valence-corrected chi connectivity index (χ1v) is 5.72. The average Bonchev–Trinajstić information content (AvgIpc) is 2.53. The Bertz CT molecular complexity index is 211. The first kappa shape index (κ1) is 14.2. The Morgan fingerprint density at radius 2 is 1.87 bits per heavy atom. The van der Waals surface area contributed by atoms with E-state index in [1.807, 2.05) is 0 Å². The van der Waals surface area contributed by atoms with Gasteiger partial charge >= 0.3 is 11.9 Å². The van der Waals surface area contributed by atoms with Crippen molar-refractivity contribution in [1.29, 1.82) is 0 Å². The van der Waals surface area contributed by atoms with Crippen molar-refractivity contribution in [3.63, 3.8) is 0 Å². The molecule has 1 saturated heterocycles. The summed E-state index contributed by atoms with van der Waals surface area (Å²) in [5.74, 6) is -2.08. The molecule has 0 bridgehead atoms. The van der Waals surface area contributed by atoms with E-state index in [0.717, 1.165) is 18.8 Å². The minimum absolute atomic E-state index is 0.0996.